The van der Waals surface area contributed by atoms with Gasteiger partial charge in [0.15, 0.2) is 5.11 Å². The lowest BCUT2D eigenvalue weighted by Gasteiger charge is -2.47. The van der Waals surface area contributed by atoms with Crippen LogP contribution in [0, 0.1) is 13.8 Å². The minimum Gasteiger partial charge on any atom is -0.366 e. The first-order valence-electron chi connectivity index (χ1n) is 11.4. The Labute approximate surface area is 201 Å². The molecular formula is C27H31N3O2S. The third-order valence-corrected chi connectivity index (χ3v) is 6.89. The van der Waals surface area contributed by atoms with E-state index in [-0.39, 0.29) is 16.2 Å². The molecule has 1 fully saturated rings. The number of nitrogens with zero attached hydrogens (tertiary/aromatic N) is 2. The predicted molar refractivity (Wildman–Crippen MR) is 139 cm³/mol. The summed E-state index contributed by atoms with van der Waals surface area (Å²) in [6.45, 7) is 13.8. The van der Waals surface area contributed by atoms with Gasteiger partial charge in [-0.1, -0.05) is 19.1 Å². The second-order valence-corrected chi connectivity index (χ2v) is 10.2. The molecule has 6 heteroatoms. The molecule has 2 aliphatic heterocycles. The summed E-state index contributed by atoms with van der Waals surface area (Å²) in [5.41, 5.74) is 6.18. The highest BCUT2D eigenvalue weighted by molar-refractivity contribution is 7.80. The molecule has 4 rings (SSSR count). The predicted octanol–water partition coefficient (Wildman–Crippen LogP) is 5.25. The molecule has 0 radical (unpaired) electrons. The number of nitrogens with one attached hydrogen (secondary N) is 1. The summed E-state index contributed by atoms with van der Waals surface area (Å²) in [6.07, 6.45) is 2.72. The van der Waals surface area contributed by atoms with Gasteiger partial charge in [0.2, 0.25) is 0 Å². The van der Waals surface area contributed by atoms with E-state index < -0.39 is 11.8 Å². The van der Waals surface area contributed by atoms with Crippen molar-refractivity contribution in [3.8, 4) is 0 Å². The normalized spacial score (nSPS) is 21.3. The van der Waals surface area contributed by atoms with E-state index in [0.29, 0.717) is 11.6 Å². The number of benzene rings is 2. The standard InChI is InChI=1S/C27H31N3O2S/c1-7-29-23-9-8-19(13-21(23)18(4)15-27(29,5)6)14-22-24(31)28-26(33)30(25(22)32)20-11-16(2)10-17(3)12-20/h8-14,18H,7,15H2,1-6H3,(H,28,31,33)/b22-14+. The SMILES string of the molecule is CCN1c2ccc(/C=C3\C(=O)NC(=S)N(c4cc(C)cc(C)c4)C3=O)cc2C(C)CC1(C)C. The lowest BCUT2D eigenvalue weighted by atomic mass is 9.79. The molecule has 0 spiro atoms. The van der Waals surface area contributed by atoms with Crippen molar-refractivity contribution in [1.82, 2.24) is 5.32 Å². The number of fused-ring (bicyclic) bond motifs is 1. The smallest absolute Gasteiger partial charge is 0.270 e. The van der Waals surface area contributed by atoms with Crippen LogP contribution in [-0.2, 0) is 9.59 Å². The number of amides is 2. The van der Waals surface area contributed by atoms with Crippen molar-refractivity contribution in [3.05, 3.63) is 64.2 Å². The Hall–Kier alpha value is -2.99. The number of hydrogen-bond acceptors (Lipinski definition) is 4. The van der Waals surface area contributed by atoms with Gasteiger partial charge in [-0.05, 0) is 112 Å². The lowest BCUT2D eigenvalue weighted by Crippen LogP contribution is -2.54. The van der Waals surface area contributed by atoms with Crippen LogP contribution in [0.25, 0.3) is 6.08 Å². The van der Waals surface area contributed by atoms with E-state index in [1.165, 1.54) is 16.2 Å². The van der Waals surface area contributed by atoms with Crippen LogP contribution in [0.3, 0.4) is 0 Å². The van der Waals surface area contributed by atoms with Crippen molar-refractivity contribution in [2.75, 3.05) is 16.3 Å². The van der Waals surface area contributed by atoms with Gasteiger partial charge in [0, 0.05) is 17.8 Å². The first kappa shape index (κ1) is 23.2. The summed E-state index contributed by atoms with van der Waals surface area (Å²) in [6, 6.07) is 12.0. The average Bonchev–Trinajstić information content (AvgIpc) is 2.70. The number of thiocarbonyl (C=S) groups is 1. The Kier molecular flexibility index (Phi) is 5.91. The molecule has 5 nitrogen and oxygen atoms in total. The van der Waals surface area contributed by atoms with Crippen LogP contribution in [0.15, 0.2) is 42.0 Å². The number of anilines is 2. The fraction of sp³-hybridized carbons (Fsp3) is 0.370. The van der Waals surface area contributed by atoms with Crippen molar-refractivity contribution in [2.24, 2.45) is 0 Å². The Morgan fingerprint density at radius 3 is 2.42 bits per heavy atom. The van der Waals surface area contributed by atoms with E-state index in [1.54, 1.807) is 6.08 Å². The molecule has 2 heterocycles. The zero-order valence-corrected chi connectivity index (χ0v) is 21.0. The van der Waals surface area contributed by atoms with Crippen LogP contribution >= 0.6 is 12.2 Å². The summed E-state index contributed by atoms with van der Waals surface area (Å²) in [7, 11) is 0. The molecule has 1 atom stereocenters. The Bertz CT molecular complexity index is 1180. The van der Waals surface area contributed by atoms with E-state index in [4.69, 9.17) is 12.2 Å². The molecule has 172 valence electrons. The zero-order chi connectivity index (χ0) is 24.1. The van der Waals surface area contributed by atoms with Crippen LogP contribution in [0.1, 0.15) is 62.3 Å². The largest absolute Gasteiger partial charge is 0.366 e. The molecule has 33 heavy (non-hydrogen) atoms. The minimum atomic E-state index is -0.465. The molecule has 2 amide bonds. The number of carbonyl (C=O) groups is 2. The summed E-state index contributed by atoms with van der Waals surface area (Å²) < 4.78 is 0. The number of aryl methyl sites for hydroxylation is 2. The quantitative estimate of drug-likeness (QED) is 0.386. The van der Waals surface area contributed by atoms with Gasteiger partial charge in [-0.25, -0.2) is 0 Å². The molecular weight excluding hydrogens is 430 g/mol. The zero-order valence-electron chi connectivity index (χ0n) is 20.2. The molecule has 1 N–H and O–H groups in total. The van der Waals surface area contributed by atoms with Gasteiger partial charge in [-0.2, -0.15) is 0 Å². The van der Waals surface area contributed by atoms with Gasteiger partial charge in [-0.3, -0.25) is 19.8 Å². The average molecular weight is 462 g/mol. The molecule has 2 aromatic rings. The maximum Gasteiger partial charge on any atom is 0.270 e. The van der Waals surface area contributed by atoms with Crippen molar-refractivity contribution >= 4 is 46.6 Å². The Morgan fingerprint density at radius 2 is 1.79 bits per heavy atom. The maximum atomic E-state index is 13.4. The van der Waals surface area contributed by atoms with Crippen LogP contribution in [-0.4, -0.2) is 29.0 Å². The Morgan fingerprint density at radius 1 is 1.12 bits per heavy atom. The second kappa shape index (κ2) is 8.41. The highest BCUT2D eigenvalue weighted by Gasteiger charge is 2.37. The number of hydrogen-bond donors (Lipinski definition) is 1. The van der Waals surface area contributed by atoms with Crippen molar-refractivity contribution in [3.63, 3.8) is 0 Å². The number of carbonyl (C=O) groups excluding carboxylic acids is 2. The molecule has 2 aliphatic rings. The van der Waals surface area contributed by atoms with Gasteiger partial charge in [-0.15, -0.1) is 0 Å². The minimum absolute atomic E-state index is 0.0823. The fourth-order valence-electron chi connectivity index (χ4n) is 5.34. The first-order valence-corrected chi connectivity index (χ1v) is 11.8. The van der Waals surface area contributed by atoms with E-state index in [2.05, 4.69) is 50.0 Å². The van der Waals surface area contributed by atoms with Gasteiger partial charge >= 0.3 is 0 Å². The summed E-state index contributed by atoms with van der Waals surface area (Å²) in [5.74, 6) is -0.491. The monoisotopic (exact) mass is 461 g/mol. The Balaban J connectivity index is 1.74. The second-order valence-electron chi connectivity index (χ2n) is 9.78. The molecule has 0 bridgehead atoms. The van der Waals surface area contributed by atoms with Crippen molar-refractivity contribution < 1.29 is 9.59 Å². The van der Waals surface area contributed by atoms with Crippen LogP contribution < -0.4 is 15.1 Å². The van der Waals surface area contributed by atoms with E-state index in [0.717, 1.165) is 29.7 Å². The topological polar surface area (TPSA) is 52.7 Å². The van der Waals surface area contributed by atoms with Crippen LogP contribution in [0.2, 0.25) is 0 Å². The van der Waals surface area contributed by atoms with Crippen LogP contribution in [0.5, 0.6) is 0 Å². The molecule has 2 aromatic carbocycles. The van der Waals surface area contributed by atoms with Crippen molar-refractivity contribution in [1.29, 1.82) is 0 Å². The summed E-state index contributed by atoms with van der Waals surface area (Å²) in [4.78, 5) is 30.0. The molecule has 1 saturated heterocycles. The number of rotatable bonds is 3. The maximum absolute atomic E-state index is 13.4. The van der Waals surface area contributed by atoms with Gasteiger partial charge in [0.05, 0.1) is 5.69 Å². The highest BCUT2D eigenvalue weighted by Crippen LogP contribution is 2.43. The molecule has 0 saturated carbocycles. The van der Waals surface area contributed by atoms with Gasteiger partial charge in [0.25, 0.3) is 11.8 Å². The van der Waals surface area contributed by atoms with Crippen LogP contribution in [0.4, 0.5) is 11.4 Å². The summed E-state index contributed by atoms with van der Waals surface area (Å²) in [5, 5.41) is 2.79. The van der Waals surface area contributed by atoms with Gasteiger partial charge in [0.1, 0.15) is 5.57 Å². The molecule has 0 aliphatic carbocycles. The molecule has 1 unspecified atom stereocenters. The molecule has 0 aromatic heterocycles. The summed E-state index contributed by atoms with van der Waals surface area (Å²) >= 11 is 5.35. The highest BCUT2D eigenvalue weighted by atomic mass is 32.1. The van der Waals surface area contributed by atoms with Gasteiger partial charge < -0.3 is 4.90 Å². The lowest BCUT2D eigenvalue weighted by molar-refractivity contribution is -0.122. The van der Waals surface area contributed by atoms with E-state index in [1.807, 2.05) is 38.1 Å². The fourth-order valence-corrected chi connectivity index (χ4v) is 5.62. The van der Waals surface area contributed by atoms with Crippen molar-refractivity contribution in [2.45, 2.75) is 59.4 Å². The third kappa shape index (κ3) is 4.20. The third-order valence-electron chi connectivity index (χ3n) is 6.60. The van der Waals surface area contributed by atoms with E-state index >= 15 is 0 Å². The van der Waals surface area contributed by atoms with E-state index in [9.17, 15) is 9.59 Å². The first-order chi connectivity index (χ1) is 15.5.